The van der Waals surface area contributed by atoms with Gasteiger partial charge in [0.25, 0.3) is 0 Å². The van der Waals surface area contributed by atoms with Crippen LogP contribution < -0.4 is 4.74 Å². The molecular formula is C25H18F3NO3. The van der Waals surface area contributed by atoms with Gasteiger partial charge in [-0.05, 0) is 41.5 Å². The van der Waals surface area contributed by atoms with E-state index in [1.54, 1.807) is 54.6 Å². The lowest BCUT2D eigenvalue weighted by molar-refractivity contribution is -0.137. The molecular weight excluding hydrogens is 419 g/mol. The van der Waals surface area contributed by atoms with Gasteiger partial charge in [0.15, 0.2) is 0 Å². The lowest BCUT2D eigenvalue weighted by Gasteiger charge is -2.15. The van der Waals surface area contributed by atoms with E-state index in [4.69, 9.17) is 9.47 Å². The molecule has 0 bridgehead atoms. The van der Waals surface area contributed by atoms with Crippen LogP contribution in [0.1, 0.15) is 15.9 Å². The molecule has 0 saturated heterocycles. The molecule has 0 fully saturated rings. The van der Waals surface area contributed by atoms with Crippen molar-refractivity contribution >= 4 is 16.9 Å². The summed E-state index contributed by atoms with van der Waals surface area (Å²) in [7, 11) is 2.78. The van der Waals surface area contributed by atoms with E-state index >= 15 is 0 Å². The number of halogens is 3. The van der Waals surface area contributed by atoms with Crippen LogP contribution >= 0.6 is 0 Å². The number of fused-ring (bicyclic) bond motifs is 1. The smallest absolute Gasteiger partial charge is 0.416 e. The molecule has 0 radical (unpaired) electrons. The molecule has 7 heteroatoms. The van der Waals surface area contributed by atoms with Crippen molar-refractivity contribution in [3.63, 3.8) is 0 Å². The van der Waals surface area contributed by atoms with Crippen molar-refractivity contribution in [3.8, 4) is 28.1 Å². The highest BCUT2D eigenvalue weighted by atomic mass is 19.4. The third-order valence-electron chi connectivity index (χ3n) is 5.12. The van der Waals surface area contributed by atoms with Crippen molar-refractivity contribution in [1.29, 1.82) is 0 Å². The molecule has 0 unspecified atom stereocenters. The summed E-state index contributed by atoms with van der Waals surface area (Å²) >= 11 is 0. The van der Waals surface area contributed by atoms with E-state index < -0.39 is 17.7 Å². The third kappa shape index (κ3) is 4.01. The summed E-state index contributed by atoms with van der Waals surface area (Å²) in [6.07, 6.45) is -4.48. The molecule has 3 aromatic carbocycles. The van der Waals surface area contributed by atoms with E-state index in [1.165, 1.54) is 20.3 Å². The van der Waals surface area contributed by atoms with Crippen LogP contribution in [0.25, 0.3) is 33.3 Å². The molecule has 32 heavy (non-hydrogen) atoms. The fraction of sp³-hybridized carbons (Fsp3) is 0.120. The van der Waals surface area contributed by atoms with Gasteiger partial charge in [-0.2, -0.15) is 13.2 Å². The lowest BCUT2D eigenvalue weighted by Crippen LogP contribution is -2.05. The van der Waals surface area contributed by atoms with Crippen molar-refractivity contribution < 1.29 is 27.4 Å². The first-order valence-corrected chi connectivity index (χ1v) is 9.66. The zero-order chi connectivity index (χ0) is 22.9. The van der Waals surface area contributed by atoms with Gasteiger partial charge in [0.2, 0.25) is 0 Å². The minimum absolute atomic E-state index is 0.308. The number of hydrogen-bond donors (Lipinski definition) is 0. The van der Waals surface area contributed by atoms with E-state index in [9.17, 15) is 18.0 Å². The number of ether oxygens (including phenoxy) is 2. The van der Waals surface area contributed by atoms with Gasteiger partial charge in [-0.25, -0.2) is 9.78 Å². The Bertz CT molecular complexity index is 1300. The third-order valence-corrected chi connectivity index (χ3v) is 5.12. The van der Waals surface area contributed by atoms with Gasteiger partial charge in [-0.1, -0.05) is 36.4 Å². The first-order chi connectivity index (χ1) is 15.3. The molecule has 0 amide bonds. The summed E-state index contributed by atoms with van der Waals surface area (Å²) < 4.78 is 50.5. The monoisotopic (exact) mass is 437 g/mol. The number of carbonyl (C=O) groups is 1. The van der Waals surface area contributed by atoms with Crippen LogP contribution in [0.4, 0.5) is 13.2 Å². The number of carbonyl (C=O) groups excluding carboxylic acids is 1. The number of methoxy groups -OCH3 is 2. The van der Waals surface area contributed by atoms with Crippen LogP contribution in [0.5, 0.6) is 5.75 Å². The van der Waals surface area contributed by atoms with E-state index in [2.05, 4.69) is 4.98 Å². The Hall–Kier alpha value is -3.87. The van der Waals surface area contributed by atoms with Crippen molar-refractivity contribution in [3.05, 3.63) is 83.9 Å². The van der Waals surface area contributed by atoms with Crippen LogP contribution in [0.3, 0.4) is 0 Å². The van der Waals surface area contributed by atoms with Crippen LogP contribution in [0.15, 0.2) is 72.8 Å². The predicted molar refractivity (Wildman–Crippen MR) is 116 cm³/mol. The minimum atomic E-state index is -4.48. The molecule has 1 heterocycles. The molecule has 1 aromatic heterocycles. The second-order valence-electron chi connectivity index (χ2n) is 7.06. The topological polar surface area (TPSA) is 48.4 Å². The van der Waals surface area contributed by atoms with E-state index in [0.717, 1.165) is 12.1 Å². The second-order valence-corrected chi connectivity index (χ2v) is 7.06. The Balaban J connectivity index is 1.97. The maximum Gasteiger partial charge on any atom is 0.416 e. The minimum Gasteiger partial charge on any atom is -0.496 e. The van der Waals surface area contributed by atoms with Crippen molar-refractivity contribution in [2.75, 3.05) is 14.2 Å². The van der Waals surface area contributed by atoms with Gasteiger partial charge in [0.05, 0.1) is 36.6 Å². The van der Waals surface area contributed by atoms with Crippen LogP contribution in [-0.4, -0.2) is 25.2 Å². The highest BCUT2D eigenvalue weighted by Crippen LogP contribution is 2.39. The molecule has 0 saturated carbocycles. The molecule has 0 aliphatic heterocycles. The summed E-state index contributed by atoms with van der Waals surface area (Å²) in [6.45, 7) is 0. The molecule has 0 atom stereocenters. The van der Waals surface area contributed by atoms with E-state index in [-0.39, 0.29) is 0 Å². The Morgan fingerprint density at radius 1 is 0.875 bits per heavy atom. The largest absolute Gasteiger partial charge is 0.496 e. The second kappa shape index (κ2) is 8.34. The number of aromatic nitrogens is 1. The van der Waals surface area contributed by atoms with Gasteiger partial charge in [-0.15, -0.1) is 0 Å². The zero-order valence-corrected chi connectivity index (χ0v) is 17.2. The summed E-state index contributed by atoms with van der Waals surface area (Å²) in [4.78, 5) is 16.6. The average Bonchev–Trinajstić information content (AvgIpc) is 2.82. The Morgan fingerprint density at radius 3 is 2.28 bits per heavy atom. The number of benzene rings is 3. The average molecular weight is 437 g/mol. The number of pyridine rings is 1. The van der Waals surface area contributed by atoms with Gasteiger partial charge in [-0.3, -0.25) is 0 Å². The first kappa shape index (κ1) is 21.4. The fourth-order valence-electron chi connectivity index (χ4n) is 3.55. The molecule has 0 aliphatic carbocycles. The number of esters is 1. The number of nitrogens with zero attached hydrogens (tertiary/aromatic N) is 1. The van der Waals surface area contributed by atoms with Gasteiger partial charge >= 0.3 is 12.1 Å². The zero-order valence-electron chi connectivity index (χ0n) is 17.2. The highest BCUT2D eigenvalue weighted by Gasteiger charge is 2.31. The van der Waals surface area contributed by atoms with Crippen molar-refractivity contribution in [2.24, 2.45) is 0 Å². The van der Waals surface area contributed by atoms with Gasteiger partial charge < -0.3 is 9.47 Å². The molecule has 0 spiro atoms. The Labute approximate surface area is 182 Å². The van der Waals surface area contributed by atoms with Crippen LogP contribution in [-0.2, 0) is 10.9 Å². The predicted octanol–water partition coefficient (Wildman–Crippen LogP) is 6.38. The quantitative estimate of drug-likeness (QED) is 0.348. The van der Waals surface area contributed by atoms with Gasteiger partial charge in [0.1, 0.15) is 5.75 Å². The summed E-state index contributed by atoms with van der Waals surface area (Å²) in [5, 5.41) is 0.664. The number of alkyl halides is 3. The molecule has 4 aromatic rings. The van der Waals surface area contributed by atoms with Crippen LogP contribution in [0.2, 0.25) is 0 Å². The summed E-state index contributed by atoms with van der Waals surface area (Å²) in [5.74, 6) is -0.0297. The summed E-state index contributed by atoms with van der Waals surface area (Å²) in [6, 6.07) is 18.9. The maximum absolute atomic E-state index is 13.4. The lowest BCUT2D eigenvalue weighted by atomic mass is 9.94. The molecule has 162 valence electrons. The van der Waals surface area contributed by atoms with E-state index in [0.29, 0.717) is 44.6 Å². The number of rotatable bonds is 4. The maximum atomic E-state index is 13.4. The Kier molecular flexibility index (Phi) is 5.57. The van der Waals surface area contributed by atoms with E-state index in [1.807, 2.05) is 0 Å². The normalized spacial score (nSPS) is 11.4. The highest BCUT2D eigenvalue weighted by molar-refractivity contribution is 5.97. The van der Waals surface area contributed by atoms with Gasteiger partial charge in [0, 0.05) is 17.0 Å². The summed E-state index contributed by atoms with van der Waals surface area (Å²) in [5.41, 5.74) is 1.96. The molecule has 4 nitrogen and oxygen atoms in total. The molecule has 0 N–H and O–H groups in total. The Morgan fingerprint density at radius 2 is 1.62 bits per heavy atom. The molecule has 4 rings (SSSR count). The van der Waals surface area contributed by atoms with Crippen LogP contribution in [0, 0.1) is 0 Å². The van der Waals surface area contributed by atoms with Crippen molar-refractivity contribution in [1.82, 2.24) is 4.98 Å². The fourth-order valence-corrected chi connectivity index (χ4v) is 3.55. The standard InChI is InChI=1S/C25H18F3NO3/c1-31-23-14-22(29-21-12-16(24(30)32-2)8-10-19(21)23)18-11-9-17(25(26,27)28)13-20(18)15-6-4-3-5-7-15/h3-14H,1-2H3. The van der Waals surface area contributed by atoms with Crippen molar-refractivity contribution in [2.45, 2.75) is 6.18 Å². The molecule has 0 aliphatic rings. The SMILES string of the molecule is COC(=O)c1ccc2c(OC)cc(-c3ccc(C(F)(F)F)cc3-c3ccccc3)nc2c1. The first-order valence-electron chi connectivity index (χ1n) is 9.66. The number of hydrogen-bond acceptors (Lipinski definition) is 4.